The van der Waals surface area contributed by atoms with Gasteiger partial charge in [0.15, 0.2) is 11.6 Å². The van der Waals surface area contributed by atoms with E-state index in [1.807, 2.05) is 24.3 Å². The summed E-state index contributed by atoms with van der Waals surface area (Å²) in [6.45, 7) is 2.49. The molecule has 0 bridgehead atoms. The van der Waals surface area contributed by atoms with Crippen molar-refractivity contribution in [1.29, 1.82) is 0 Å². The number of urea groups is 1. The minimum absolute atomic E-state index is 0.164. The zero-order valence-electron chi connectivity index (χ0n) is 17.0. The van der Waals surface area contributed by atoms with E-state index in [0.29, 0.717) is 48.5 Å². The van der Waals surface area contributed by atoms with Crippen LogP contribution in [0.1, 0.15) is 0 Å². The highest BCUT2D eigenvalue weighted by Crippen LogP contribution is 2.27. The summed E-state index contributed by atoms with van der Waals surface area (Å²) in [5.74, 6) is 1.99. The van der Waals surface area contributed by atoms with Gasteiger partial charge in [-0.05, 0) is 42.5 Å². The van der Waals surface area contributed by atoms with Crippen molar-refractivity contribution in [2.24, 2.45) is 0 Å². The molecule has 3 aromatic rings. The Morgan fingerprint density at radius 1 is 1.06 bits per heavy atom. The van der Waals surface area contributed by atoms with E-state index in [2.05, 4.69) is 30.7 Å². The van der Waals surface area contributed by atoms with Gasteiger partial charge in [0.25, 0.3) is 0 Å². The van der Waals surface area contributed by atoms with Crippen LogP contribution in [-0.4, -0.2) is 59.4 Å². The van der Waals surface area contributed by atoms with Crippen LogP contribution in [-0.2, 0) is 0 Å². The summed E-state index contributed by atoms with van der Waals surface area (Å²) in [7, 11) is 1.55. The van der Waals surface area contributed by atoms with Gasteiger partial charge in [0, 0.05) is 38.1 Å². The number of benzene rings is 1. The number of pyridine rings is 1. The van der Waals surface area contributed by atoms with Gasteiger partial charge in [-0.3, -0.25) is 4.98 Å². The van der Waals surface area contributed by atoms with Crippen LogP contribution in [0.15, 0.2) is 54.9 Å². The van der Waals surface area contributed by atoms with Crippen LogP contribution in [0.3, 0.4) is 0 Å². The van der Waals surface area contributed by atoms with Crippen molar-refractivity contribution < 1.29 is 9.53 Å². The number of nitrogens with one attached hydrogen (secondary N) is 2. The quantitative estimate of drug-likeness (QED) is 0.626. The van der Waals surface area contributed by atoms with Gasteiger partial charge >= 0.3 is 6.03 Å². The number of halogens is 1. The molecule has 2 N–H and O–H groups in total. The van der Waals surface area contributed by atoms with Crippen molar-refractivity contribution in [3.05, 3.63) is 59.9 Å². The van der Waals surface area contributed by atoms with Gasteiger partial charge in [0.05, 0.1) is 24.0 Å². The molecular weight excluding hydrogens is 418 g/mol. The van der Waals surface area contributed by atoms with Crippen molar-refractivity contribution in [2.45, 2.75) is 0 Å². The molecule has 2 aromatic heterocycles. The second-order valence-electron chi connectivity index (χ2n) is 6.90. The van der Waals surface area contributed by atoms with Crippen molar-refractivity contribution in [3.63, 3.8) is 0 Å². The number of hydrogen-bond acceptors (Lipinski definition) is 7. The van der Waals surface area contributed by atoms with Crippen LogP contribution < -0.4 is 20.3 Å². The highest BCUT2D eigenvalue weighted by Gasteiger charge is 2.22. The fourth-order valence-corrected chi connectivity index (χ4v) is 3.49. The van der Waals surface area contributed by atoms with Gasteiger partial charge in [0.2, 0.25) is 0 Å². The third kappa shape index (κ3) is 5.13. The summed E-state index contributed by atoms with van der Waals surface area (Å²) in [5.41, 5.74) is 1.48. The lowest BCUT2D eigenvalue weighted by atomic mass is 10.3. The number of piperazine rings is 1. The number of ether oxygens (including phenoxy) is 1. The molecule has 1 fully saturated rings. The summed E-state index contributed by atoms with van der Waals surface area (Å²) < 4.78 is 5.13. The highest BCUT2D eigenvalue weighted by atomic mass is 35.5. The Morgan fingerprint density at radius 3 is 2.55 bits per heavy atom. The van der Waals surface area contributed by atoms with E-state index in [1.165, 1.54) is 0 Å². The molecule has 4 rings (SSSR count). The molecule has 10 heteroatoms. The molecule has 0 spiro atoms. The number of carbonyl (C=O) groups is 1. The Hall–Kier alpha value is -3.59. The molecule has 0 aliphatic carbocycles. The van der Waals surface area contributed by atoms with Gasteiger partial charge in [-0.1, -0.05) is 11.6 Å². The summed E-state index contributed by atoms with van der Waals surface area (Å²) in [4.78, 5) is 20.5. The zero-order chi connectivity index (χ0) is 21.6. The number of amides is 2. The minimum atomic E-state index is -0.164. The lowest BCUT2D eigenvalue weighted by Gasteiger charge is -2.35. The summed E-state index contributed by atoms with van der Waals surface area (Å²) >= 11 is 6.13. The normalized spacial score (nSPS) is 13.6. The lowest BCUT2D eigenvalue weighted by molar-refractivity contribution is 0.208. The second kappa shape index (κ2) is 9.48. The Kier molecular flexibility index (Phi) is 6.32. The van der Waals surface area contributed by atoms with Crippen LogP contribution in [0.25, 0.3) is 0 Å². The molecule has 1 aliphatic rings. The number of hydrogen-bond donors (Lipinski definition) is 2. The molecule has 1 aliphatic heterocycles. The van der Waals surface area contributed by atoms with Crippen LogP contribution in [0.2, 0.25) is 5.02 Å². The van der Waals surface area contributed by atoms with Crippen LogP contribution in [0.4, 0.5) is 27.8 Å². The fourth-order valence-electron chi connectivity index (χ4n) is 3.23. The molecule has 2 amide bonds. The van der Waals surface area contributed by atoms with E-state index in [4.69, 9.17) is 16.3 Å². The molecule has 3 heterocycles. The largest absolute Gasteiger partial charge is 0.495 e. The van der Waals surface area contributed by atoms with Crippen LogP contribution >= 0.6 is 11.6 Å². The number of nitrogens with zero attached hydrogens (tertiary/aromatic N) is 5. The first-order valence-electron chi connectivity index (χ1n) is 9.77. The van der Waals surface area contributed by atoms with Crippen molar-refractivity contribution in [1.82, 2.24) is 20.1 Å². The molecule has 31 heavy (non-hydrogen) atoms. The summed E-state index contributed by atoms with van der Waals surface area (Å²) in [6, 6.07) is 12.5. The van der Waals surface area contributed by atoms with E-state index < -0.39 is 0 Å². The minimum Gasteiger partial charge on any atom is -0.495 e. The van der Waals surface area contributed by atoms with E-state index in [1.54, 1.807) is 42.6 Å². The predicted octanol–water partition coefficient (Wildman–Crippen LogP) is 3.63. The third-order valence-electron chi connectivity index (χ3n) is 4.88. The molecule has 0 saturated carbocycles. The predicted molar refractivity (Wildman–Crippen MR) is 120 cm³/mol. The number of methoxy groups -OCH3 is 1. The molecule has 0 unspecified atom stereocenters. The van der Waals surface area contributed by atoms with E-state index in [-0.39, 0.29) is 6.03 Å². The van der Waals surface area contributed by atoms with E-state index in [0.717, 1.165) is 11.5 Å². The molecule has 0 radical (unpaired) electrons. The Bertz CT molecular complexity index is 1030. The van der Waals surface area contributed by atoms with Gasteiger partial charge in [0.1, 0.15) is 5.75 Å². The number of anilines is 4. The number of carbonyl (C=O) groups excluding carboxylic acids is 1. The maximum absolute atomic E-state index is 12.6. The van der Waals surface area contributed by atoms with Crippen LogP contribution in [0, 0.1) is 0 Å². The van der Waals surface area contributed by atoms with Gasteiger partial charge in [-0.15, -0.1) is 10.2 Å². The summed E-state index contributed by atoms with van der Waals surface area (Å²) in [6.07, 6.45) is 3.44. The first-order valence-corrected chi connectivity index (χ1v) is 10.2. The maximum Gasteiger partial charge on any atom is 0.321 e. The van der Waals surface area contributed by atoms with Gasteiger partial charge in [-0.2, -0.15) is 0 Å². The molecule has 0 atom stereocenters. The highest BCUT2D eigenvalue weighted by molar-refractivity contribution is 6.32. The standard InChI is InChI=1S/C21H22ClN7O2/c1-31-18-5-4-15(13-17(18)22)25-21(30)29-11-9-28(10-12-29)20-7-6-19(26-27-20)24-16-3-2-8-23-14-16/h2-8,13-14H,9-12H2,1H3,(H,24,26)(H,25,30). The second-order valence-corrected chi connectivity index (χ2v) is 7.30. The van der Waals surface area contributed by atoms with Crippen LogP contribution in [0.5, 0.6) is 5.75 Å². The number of aromatic nitrogens is 3. The first kappa shape index (κ1) is 20.7. The molecule has 1 saturated heterocycles. The maximum atomic E-state index is 12.6. The first-order chi connectivity index (χ1) is 15.1. The van der Waals surface area contributed by atoms with Gasteiger partial charge < -0.3 is 25.2 Å². The van der Waals surface area contributed by atoms with E-state index >= 15 is 0 Å². The Morgan fingerprint density at radius 2 is 1.90 bits per heavy atom. The molecule has 1 aromatic carbocycles. The summed E-state index contributed by atoms with van der Waals surface area (Å²) in [5, 5.41) is 15.0. The topological polar surface area (TPSA) is 95.5 Å². The van der Waals surface area contributed by atoms with E-state index in [9.17, 15) is 4.79 Å². The van der Waals surface area contributed by atoms with Crippen molar-refractivity contribution >= 4 is 40.6 Å². The van der Waals surface area contributed by atoms with Crippen molar-refractivity contribution in [3.8, 4) is 5.75 Å². The lowest BCUT2D eigenvalue weighted by Crippen LogP contribution is -2.50. The molecule has 160 valence electrons. The molecular formula is C21H22ClN7O2. The number of rotatable bonds is 5. The Labute approximate surface area is 185 Å². The zero-order valence-corrected chi connectivity index (χ0v) is 17.7. The average Bonchev–Trinajstić information content (AvgIpc) is 2.80. The third-order valence-corrected chi connectivity index (χ3v) is 5.17. The van der Waals surface area contributed by atoms with Crippen molar-refractivity contribution in [2.75, 3.05) is 48.8 Å². The fraction of sp³-hybridized carbons (Fsp3) is 0.238. The molecule has 9 nitrogen and oxygen atoms in total. The smallest absolute Gasteiger partial charge is 0.321 e. The average molecular weight is 440 g/mol. The SMILES string of the molecule is COc1ccc(NC(=O)N2CCN(c3ccc(Nc4cccnc4)nn3)CC2)cc1Cl. The monoisotopic (exact) mass is 439 g/mol. The Balaban J connectivity index is 1.30. The van der Waals surface area contributed by atoms with Gasteiger partial charge in [-0.25, -0.2) is 4.79 Å².